The molecule has 1 aliphatic heterocycles. The molecular weight excluding hydrogens is 164 g/mol. The first-order valence-electron chi connectivity index (χ1n) is 4.38. The molecule has 1 N–H and O–H groups in total. The van der Waals surface area contributed by atoms with Crippen molar-refractivity contribution in [2.45, 2.75) is 13.2 Å². The van der Waals surface area contributed by atoms with Crippen LogP contribution in [0.25, 0.3) is 0 Å². The van der Waals surface area contributed by atoms with Gasteiger partial charge in [-0.05, 0) is 6.92 Å². The molecule has 0 spiro atoms. The van der Waals surface area contributed by atoms with E-state index in [2.05, 4.69) is 10.5 Å². The summed E-state index contributed by atoms with van der Waals surface area (Å²) in [5, 5.41) is 7.21. The lowest BCUT2D eigenvalue weighted by atomic mass is 10.1. The zero-order chi connectivity index (χ0) is 9.10. The molecule has 0 radical (unpaired) electrons. The van der Waals surface area contributed by atoms with E-state index in [0.29, 0.717) is 0 Å². The van der Waals surface area contributed by atoms with E-state index in [4.69, 9.17) is 4.84 Å². The van der Waals surface area contributed by atoms with E-state index in [-0.39, 0.29) is 6.23 Å². The quantitative estimate of drug-likeness (QED) is 0.700. The normalized spacial score (nSPS) is 21.9. The van der Waals surface area contributed by atoms with E-state index in [1.54, 1.807) is 0 Å². The van der Waals surface area contributed by atoms with Crippen LogP contribution < -0.4 is 5.32 Å². The summed E-state index contributed by atoms with van der Waals surface area (Å²) in [4.78, 5) is 5.12. The Morgan fingerprint density at radius 3 is 2.77 bits per heavy atom. The van der Waals surface area contributed by atoms with E-state index in [9.17, 15) is 0 Å². The molecule has 1 heterocycles. The van der Waals surface area contributed by atoms with Gasteiger partial charge in [0.1, 0.15) is 5.71 Å². The van der Waals surface area contributed by atoms with E-state index in [0.717, 1.165) is 17.8 Å². The molecule has 1 atom stereocenters. The first kappa shape index (κ1) is 8.26. The maximum absolute atomic E-state index is 5.12. The number of nitrogens with zero attached hydrogens (tertiary/aromatic N) is 1. The van der Waals surface area contributed by atoms with Gasteiger partial charge in [0, 0.05) is 12.1 Å². The van der Waals surface area contributed by atoms with Crippen LogP contribution in [0.3, 0.4) is 0 Å². The molecule has 0 aromatic heterocycles. The van der Waals surface area contributed by atoms with Crippen molar-refractivity contribution in [3.05, 3.63) is 35.9 Å². The highest BCUT2D eigenvalue weighted by molar-refractivity contribution is 6.01. The molecule has 1 unspecified atom stereocenters. The number of nitrogens with one attached hydrogen (secondary N) is 1. The van der Waals surface area contributed by atoms with Crippen LogP contribution >= 0.6 is 0 Å². The predicted molar refractivity (Wildman–Crippen MR) is 51.5 cm³/mol. The van der Waals surface area contributed by atoms with Crippen LogP contribution in [0.4, 0.5) is 0 Å². The monoisotopic (exact) mass is 176 g/mol. The predicted octanol–water partition coefficient (Wildman–Crippen LogP) is 1.36. The second kappa shape index (κ2) is 3.58. The molecule has 2 rings (SSSR count). The summed E-state index contributed by atoms with van der Waals surface area (Å²) in [6, 6.07) is 10.0. The molecule has 3 heteroatoms. The van der Waals surface area contributed by atoms with Crippen LogP contribution in [0.2, 0.25) is 0 Å². The lowest BCUT2D eigenvalue weighted by Gasteiger charge is -2.19. The van der Waals surface area contributed by atoms with Gasteiger partial charge in [-0.15, -0.1) is 0 Å². The molecule has 1 aromatic carbocycles. The zero-order valence-corrected chi connectivity index (χ0v) is 7.53. The Hall–Kier alpha value is -1.35. The summed E-state index contributed by atoms with van der Waals surface area (Å²) in [7, 11) is 0. The summed E-state index contributed by atoms with van der Waals surface area (Å²) >= 11 is 0. The van der Waals surface area contributed by atoms with Gasteiger partial charge in [-0.3, -0.25) is 5.32 Å². The average molecular weight is 176 g/mol. The van der Waals surface area contributed by atoms with Gasteiger partial charge in [-0.2, -0.15) is 0 Å². The van der Waals surface area contributed by atoms with Crippen molar-refractivity contribution < 1.29 is 4.84 Å². The Morgan fingerprint density at radius 1 is 1.38 bits per heavy atom. The zero-order valence-electron chi connectivity index (χ0n) is 7.53. The van der Waals surface area contributed by atoms with Crippen LogP contribution in [0.5, 0.6) is 0 Å². The number of hydrogen-bond acceptors (Lipinski definition) is 3. The van der Waals surface area contributed by atoms with Crippen LogP contribution in [0.15, 0.2) is 35.5 Å². The van der Waals surface area contributed by atoms with E-state index in [1.165, 1.54) is 0 Å². The fourth-order valence-corrected chi connectivity index (χ4v) is 1.24. The molecule has 1 aromatic rings. The van der Waals surface area contributed by atoms with Gasteiger partial charge in [0.2, 0.25) is 0 Å². The molecule has 13 heavy (non-hydrogen) atoms. The number of benzene rings is 1. The van der Waals surface area contributed by atoms with E-state index < -0.39 is 0 Å². The first-order valence-corrected chi connectivity index (χ1v) is 4.38. The molecule has 0 amide bonds. The molecule has 0 saturated carbocycles. The van der Waals surface area contributed by atoms with Crippen molar-refractivity contribution >= 4 is 5.71 Å². The lowest BCUT2D eigenvalue weighted by Crippen LogP contribution is -2.37. The summed E-state index contributed by atoms with van der Waals surface area (Å²) in [6.07, 6.45) is 0.0208. The molecule has 68 valence electrons. The van der Waals surface area contributed by atoms with Gasteiger partial charge in [-0.25, -0.2) is 0 Å². The van der Waals surface area contributed by atoms with Gasteiger partial charge in [0.05, 0.1) is 0 Å². The van der Waals surface area contributed by atoms with Gasteiger partial charge < -0.3 is 4.84 Å². The molecule has 0 saturated heterocycles. The van der Waals surface area contributed by atoms with E-state index >= 15 is 0 Å². The average Bonchev–Trinajstić information content (AvgIpc) is 2.20. The highest BCUT2D eigenvalue weighted by atomic mass is 16.6. The molecular formula is C10H12N2O. The third kappa shape index (κ3) is 1.87. The Bertz CT molecular complexity index is 308. The summed E-state index contributed by atoms with van der Waals surface area (Å²) in [5.74, 6) is 0. The van der Waals surface area contributed by atoms with Crippen molar-refractivity contribution in [2.75, 3.05) is 6.54 Å². The van der Waals surface area contributed by atoms with Gasteiger partial charge >= 0.3 is 0 Å². The third-order valence-electron chi connectivity index (χ3n) is 1.98. The van der Waals surface area contributed by atoms with Crippen LogP contribution in [0.1, 0.15) is 12.5 Å². The van der Waals surface area contributed by atoms with Crippen molar-refractivity contribution in [1.29, 1.82) is 0 Å². The van der Waals surface area contributed by atoms with Crippen molar-refractivity contribution in [3.63, 3.8) is 0 Å². The van der Waals surface area contributed by atoms with Gasteiger partial charge in [-0.1, -0.05) is 35.5 Å². The second-order valence-electron chi connectivity index (χ2n) is 3.03. The Labute approximate surface area is 77.4 Å². The highest BCUT2D eigenvalue weighted by Gasteiger charge is 2.12. The second-order valence-corrected chi connectivity index (χ2v) is 3.03. The SMILES string of the molecule is CC1NCC(c2ccccc2)=NO1. The minimum atomic E-state index is 0.0208. The summed E-state index contributed by atoms with van der Waals surface area (Å²) in [5.41, 5.74) is 2.07. The largest absolute Gasteiger partial charge is 0.377 e. The summed E-state index contributed by atoms with van der Waals surface area (Å²) in [6.45, 7) is 2.70. The minimum absolute atomic E-state index is 0.0208. The first-order chi connectivity index (χ1) is 6.36. The minimum Gasteiger partial charge on any atom is -0.377 e. The maximum atomic E-state index is 5.12. The fraction of sp³-hybridized carbons (Fsp3) is 0.300. The Balaban J connectivity index is 2.19. The highest BCUT2D eigenvalue weighted by Crippen LogP contribution is 2.05. The number of rotatable bonds is 1. The van der Waals surface area contributed by atoms with Crippen molar-refractivity contribution in [3.8, 4) is 0 Å². The number of hydrogen-bond donors (Lipinski definition) is 1. The smallest absolute Gasteiger partial charge is 0.176 e. The Morgan fingerprint density at radius 2 is 2.15 bits per heavy atom. The van der Waals surface area contributed by atoms with Crippen molar-refractivity contribution in [2.24, 2.45) is 5.16 Å². The number of oxime groups is 1. The standard InChI is InChI=1S/C10H12N2O/c1-8-11-7-10(12-13-8)9-5-3-2-4-6-9/h2-6,8,11H,7H2,1H3. The van der Waals surface area contributed by atoms with Crippen LogP contribution in [-0.4, -0.2) is 18.5 Å². The molecule has 1 aliphatic rings. The van der Waals surface area contributed by atoms with Gasteiger partial charge in [0.15, 0.2) is 6.23 Å². The molecule has 0 aliphatic carbocycles. The topological polar surface area (TPSA) is 33.6 Å². The Kier molecular flexibility index (Phi) is 2.27. The van der Waals surface area contributed by atoms with Crippen LogP contribution in [0, 0.1) is 0 Å². The summed E-state index contributed by atoms with van der Waals surface area (Å²) < 4.78 is 0. The fourth-order valence-electron chi connectivity index (χ4n) is 1.24. The molecule has 0 bridgehead atoms. The van der Waals surface area contributed by atoms with E-state index in [1.807, 2.05) is 37.3 Å². The molecule has 3 nitrogen and oxygen atoms in total. The van der Waals surface area contributed by atoms with Crippen molar-refractivity contribution in [1.82, 2.24) is 5.32 Å². The van der Waals surface area contributed by atoms with Gasteiger partial charge in [0.25, 0.3) is 0 Å². The maximum Gasteiger partial charge on any atom is 0.176 e. The third-order valence-corrected chi connectivity index (χ3v) is 1.98. The van der Waals surface area contributed by atoms with Crippen LogP contribution in [-0.2, 0) is 4.84 Å². The molecule has 0 fully saturated rings. The lowest BCUT2D eigenvalue weighted by molar-refractivity contribution is 0.0409.